The van der Waals surface area contributed by atoms with Gasteiger partial charge in [0.2, 0.25) is 0 Å². The molecule has 3 aliphatic carbocycles. The molecule has 2 N–H and O–H groups in total. The minimum absolute atomic E-state index is 0.124. The molecule has 4 rings (SSSR count). The number of aliphatic hydroxyl groups is 2. The van der Waals surface area contributed by atoms with Crippen LogP contribution in [-0.2, 0) is 16.0 Å². The van der Waals surface area contributed by atoms with Crippen molar-refractivity contribution in [2.24, 2.45) is 22.7 Å². The maximum Gasteiger partial charge on any atom is 0.302 e. The summed E-state index contributed by atoms with van der Waals surface area (Å²) in [7, 11) is 0. The molecule has 3 aliphatic rings. The van der Waals surface area contributed by atoms with Gasteiger partial charge in [-0.15, -0.1) is 0 Å². The number of furan rings is 1. The fourth-order valence-electron chi connectivity index (χ4n) is 6.47. The van der Waals surface area contributed by atoms with Gasteiger partial charge in [0.15, 0.2) is 0 Å². The number of carbonyl (C=O) groups is 1. The van der Waals surface area contributed by atoms with E-state index in [9.17, 15) is 15.0 Å². The molecule has 1 aromatic rings. The molecule has 0 unspecified atom stereocenters. The Kier molecular flexibility index (Phi) is 3.97. The minimum atomic E-state index is -1.16. The molecule has 0 bridgehead atoms. The summed E-state index contributed by atoms with van der Waals surface area (Å²) >= 11 is 0. The van der Waals surface area contributed by atoms with Crippen molar-refractivity contribution in [1.29, 1.82) is 0 Å². The van der Waals surface area contributed by atoms with E-state index in [1.54, 1.807) is 6.26 Å². The first-order valence-corrected chi connectivity index (χ1v) is 9.86. The van der Waals surface area contributed by atoms with Crippen LogP contribution in [-0.4, -0.2) is 34.0 Å². The summed E-state index contributed by atoms with van der Waals surface area (Å²) in [6, 6.07) is 1.90. The van der Waals surface area contributed by atoms with E-state index in [4.69, 9.17) is 9.15 Å². The Morgan fingerprint density at radius 1 is 1.37 bits per heavy atom. The van der Waals surface area contributed by atoms with Crippen LogP contribution in [0.3, 0.4) is 0 Å². The predicted octanol–water partition coefficient (Wildman–Crippen LogP) is 3.34. The second-order valence-electron chi connectivity index (χ2n) is 9.55. The topological polar surface area (TPSA) is 79.9 Å². The van der Waals surface area contributed by atoms with Crippen LogP contribution in [0.25, 0.3) is 5.57 Å². The van der Waals surface area contributed by atoms with Crippen molar-refractivity contribution in [1.82, 2.24) is 0 Å². The lowest BCUT2D eigenvalue weighted by Crippen LogP contribution is -2.73. The summed E-state index contributed by atoms with van der Waals surface area (Å²) in [4.78, 5) is 11.9. The Hall–Kier alpha value is -1.59. The smallest absolute Gasteiger partial charge is 0.302 e. The Balaban J connectivity index is 1.89. The number of hydrogen-bond acceptors (Lipinski definition) is 5. The average Bonchev–Trinajstić information content (AvgIpc) is 3.03. The van der Waals surface area contributed by atoms with Gasteiger partial charge in [-0.25, -0.2) is 0 Å². The molecule has 27 heavy (non-hydrogen) atoms. The molecule has 1 aromatic heterocycles. The van der Waals surface area contributed by atoms with Crippen molar-refractivity contribution in [2.75, 3.05) is 0 Å². The summed E-state index contributed by atoms with van der Waals surface area (Å²) in [5, 5.41) is 23.1. The van der Waals surface area contributed by atoms with Gasteiger partial charge in [-0.1, -0.05) is 27.4 Å². The van der Waals surface area contributed by atoms with Crippen molar-refractivity contribution in [3.63, 3.8) is 0 Å². The van der Waals surface area contributed by atoms with Crippen molar-refractivity contribution < 1.29 is 24.2 Å². The molecule has 0 radical (unpaired) electrons. The number of fused-ring (bicyclic) bond motifs is 4. The number of carbonyl (C=O) groups excluding carboxylic acids is 1. The van der Waals surface area contributed by atoms with Gasteiger partial charge in [-0.2, -0.15) is 0 Å². The van der Waals surface area contributed by atoms with Gasteiger partial charge in [0.1, 0.15) is 11.9 Å². The van der Waals surface area contributed by atoms with Crippen molar-refractivity contribution in [3.8, 4) is 0 Å². The first-order chi connectivity index (χ1) is 12.5. The minimum Gasteiger partial charge on any atom is -0.469 e. The molecule has 5 nitrogen and oxygen atoms in total. The molecule has 148 valence electrons. The van der Waals surface area contributed by atoms with Gasteiger partial charge in [0.05, 0.1) is 18.0 Å². The lowest BCUT2D eigenvalue weighted by Gasteiger charge is -2.67. The fraction of sp³-hybridized carbons (Fsp3) is 0.682. The van der Waals surface area contributed by atoms with Crippen LogP contribution >= 0.6 is 0 Å². The summed E-state index contributed by atoms with van der Waals surface area (Å²) in [5.74, 6) is 0.191. The van der Waals surface area contributed by atoms with E-state index in [2.05, 4.69) is 20.4 Å². The van der Waals surface area contributed by atoms with Crippen LogP contribution in [0.5, 0.6) is 0 Å². The molecule has 2 fully saturated rings. The second kappa shape index (κ2) is 5.71. The maximum absolute atomic E-state index is 12.0. The quantitative estimate of drug-likeness (QED) is 0.737. The third kappa shape index (κ3) is 2.27. The number of rotatable bonds is 1. The summed E-state index contributed by atoms with van der Waals surface area (Å²) in [5.41, 5.74) is -0.463. The summed E-state index contributed by atoms with van der Waals surface area (Å²) in [6.07, 6.45) is 2.83. The highest BCUT2D eigenvalue weighted by atomic mass is 16.5. The molecule has 0 aliphatic heterocycles. The Bertz CT molecular complexity index is 792. The van der Waals surface area contributed by atoms with Crippen LogP contribution < -0.4 is 0 Å². The molecule has 6 atom stereocenters. The normalized spacial score (nSPS) is 42.7. The van der Waals surface area contributed by atoms with Crippen LogP contribution in [0.1, 0.15) is 58.3 Å². The molecule has 1 heterocycles. The maximum atomic E-state index is 12.0. The molecule has 0 amide bonds. The fourth-order valence-corrected chi connectivity index (χ4v) is 6.47. The van der Waals surface area contributed by atoms with Gasteiger partial charge >= 0.3 is 5.97 Å². The van der Waals surface area contributed by atoms with E-state index in [-0.39, 0.29) is 24.2 Å². The summed E-state index contributed by atoms with van der Waals surface area (Å²) in [6.45, 7) is 11.8. The van der Waals surface area contributed by atoms with E-state index in [1.165, 1.54) is 6.92 Å². The predicted molar refractivity (Wildman–Crippen MR) is 101 cm³/mol. The van der Waals surface area contributed by atoms with Crippen LogP contribution in [0.2, 0.25) is 0 Å². The number of esters is 1. The highest BCUT2D eigenvalue weighted by molar-refractivity contribution is 5.70. The van der Waals surface area contributed by atoms with Crippen molar-refractivity contribution in [3.05, 3.63) is 30.2 Å². The molecule has 0 aromatic carbocycles. The first-order valence-electron chi connectivity index (χ1n) is 9.86. The number of aliphatic hydroxyl groups excluding tert-OH is 1. The Morgan fingerprint density at radius 2 is 2.07 bits per heavy atom. The SMILES string of the molecule is C=C1c2ccoc2C[C@H]2[C@H]1[C@@H](O)C[C@@]1(O)C(C)(C)CC[C@H](OC(C)=O)[C@]21C. The van der Waals surface area contributed by atoms with Gasteiger partial charge in [0.25, 0.3) is 0 Å². The van der Waals surface area contributed by atoms with E-state index >= 15 is 0 Å². The largest absolute Gasteiger partial charge is 0.469 e. The highest BCUT2D eigenvalue weighted by Crippen LogP contribution is 2.67. The zero-order chi connectivity index (χ0) is 19.8. The van der Waals surface area contributed by atoms with Gasteiger partial charge in [-0.05, 0) is 35.8 Å². The molecule has 0 spiro atoms. The zero-order valence-electron chi connectivity index (χ0n) is 16.6. The zero-order valence-corrected chi connectivity index (χ0v) is 16.6. The third-order valence-corrected chi connectivity index (χ3v) is 8.04. The lowest BCUT2D eigenvalue weighted by molar-refractivity contribution is -0.289. The highest BCUT2D eigenvalue weighted by Gasteiger charge is 2.71. The molecule has 2 saturated carbocycles. The van der Waals surface area contributed by atoms with Crippen molar-refractivity contribution >= 4 is 11.5 Å². The first kappa shape index (κ1) is 18.8. The monoisotopic (exact) mass is 374 g/mol. The van der Waals surface area contributed by atoms with E-state index in [1.807, 2.05) is 13.0 Å². The van der Waals surface area contributed by atoms with E-state index < -0.39 is 28.6 Å². The van der Waals surface area contributed by atoms with Crippen molar-refractivity contribution in [2.45, 2.75) is 71.2 Å². The third-order valence-electron chi connectivity index (χ3n) is 8.04. The molecule has 5 heteroatoms. The molecule has 0 saturated heterocycles. The van der Waals surface area contributed by atoms with E-state index in [0.717, 1.165) is 23.3 Å². The van der Waals surface area contributed by atoms with E-state index in [0.29, 0.717) is 12.8 Å². The van der Waals surface area contributed by atoms with Crippen LogP contribution in [0, 0.1) is 22.7 Å². The molecular formula is C22H30O5. The van der Waals surface area contributed by atoms with Gasteiger partial charge in [-0.3, -0.25) is 4.79 Å². The van der Waals surface area contributed by atoms with Gasteiger partial charge < -0.3 is 19.4 Å². The number of ether oxygens (including phenoxy) is 1. The lowest BCUT2D eigenvalue weighted by atomic mass is 9.40. The molecular weight excluding hydrogens is 344 g/mol. The summed E-state index contributed by atoms with van der Waals surface area (Å²) < 4.78 is 11.5. The Morgan fingerprint density at radius 3 is 2.74 bits per heavy atom. The average molecular weight is 374 g/mol. The van der Waals surface area contributed by atoms with Crippen LogP contribution in [0.4, 0.5) is 0 Å². The standard InChI is InChI=1S/C22H30O5/c1-12-14-7-9-26-17(14)10-15-19(12)16(24)11-22(25)20(3,4)8-6-18(21(15,22)5)27-13(2)23/h7,9,15-16,18-19,24-25H,1,6,8,10-11H2,2-5H3/t15-,16-,18-,19-,21-,22+/m0/s1. The number of hydrogen-bond donors (Lipinski definition) is 2. The van der Waals surface area contributed by atoms with Crippen LogP contribution in [0.15, 0.2) is 23.3 Å². The second-order valence-corrected chi connectivity index (χ2v) is 9.55. The Labute approximate surface area is 160 Å². The van der Waals surface area contributed by atoms with Gasteiger partial charge in [0, 0.05) is 36.7 Å².